The van der Waals surface area contributed by atoms with Crippen molar-refractivity contribution in [1.82, 2.24) is 0 Å². The number of rotatable bonds is 0. The minimum Gasteiger partial charge on any atom is -0.515 e. The van der Waals surface area contributed by atoms with Gasteiger partial charge in [-0.25, -0.2) is 4.79 Å². The lowest BCUT2D eigenvalue weighted by Crippen LogP contribution is -2.62. The summed E-state index contributed by atoms with van der Waals surface area (Å²) in [5.74, 6) is -0.557. The molecule has 2 aliphatic rings. The number of hydrogen-bond acceptors (Lipinski definition) is 4. The molecule has 4 nitrogen and oxygen atoms in total. The third-order valence-electron chi connectivity index (χ3n) is 4.37. The molecule has 1 aliphatic carbocycles. The summed E-state index contributed by atoms with van der Waals surface area (Å²) in [4.78, 5) is 11.9. The zero-order valence-electron chi connectivity index (χ0n) is 10.9. The van der Waals surface area contributed by atoms with E-state index >= 15 is 0 Å². The number of aliphatic hydroxyl groups excluding tert-OH is 2. The summed E-state index contributed by atoms with van der Waals surface area (Å²) >= 11 is 0. The molecule has 0 aromatic carbocycles. The maximum atomic E-state index is 11.9. The molecule has 0 radical (unpaired) electrons. The van der Waals surface area contributed by atoms with Crippen molar-refractivity contribution < 1.29 is 19.7 Å². The fraction of sp³-hybridized carbons (Fsp3) is 0.643. The minimum absolute atomic E-state index is 0.109. The highest BCUT2D eigenvalue weighted by molar-refractivity contribution is 5.90. The molecule has 1 spiro atoms. The molecule has 1 aliphatic heterocycles. The van der Waals surface area contributed by atoms with Gasteiger partial charge in [-0.05, 0) is 24.8 Å². The van der Waals surface area contributed by atoms with Gasteiger partial charge in [0.25, 0.3) is 0 Å². The minimum atomic E-state index is -1.02. The number of hydrogen-bond donors (Lipinski definition) is 2. The van der Waals surface area contributed by atoms with Crippen LogP contribution in [-0.4, -0.2) is 27.9 Å². The zero-order valence-corrected chi connectivity index (χ0v) is 10.9. The Bertz CT molecular complexity index is 422. The predicted molar refractivity (Wildman–Crippen MR) is 66.9 cm³/mol. The van der Waals surface area contributed by atoms with Crippen LogP contribution < -0.4 is 0 Å². The molecular formula is C14H20O4. The lowest BCUT2D eigenvalue weighted by molar-refractivity contribution is -0.198. The lowest BCUT2D eigenvalue weighted by Gasteiger charge is -2.54. The monoisotopic (exact) mass is 252 g/mol. The van der Waals surface area contributed by atoms with Gasteiger partial charge in [0.05, 0.1) is 11.8 Å². The van der Waals surface area contributed by atoms with Crippen LogP contribution in [0.15, 0.2) is 24.0 Å². The Kier molecular flexibility index (Phi) is 3.01. The first-order valence-electron chi connectivity index (χ1n) is 6.28. The molecular weight excluding hydrogens is 232 g/mol. The van der Waals surface area contributed by atoms with Gasteiger partial charge < -0.3 is 14.9 Å². The van der Waals surface area contributed by atoms with Gasteiger partial charge in [0, 0.05) is 11.8 Å². The van der Waals surface area contributed by atoms with Crippen molar-refractivity contribution in [3.8, 4) is 0 Å². The molecule has 100 valence electrons. The largest absolute Gasteiger partial charge is 0.515 e. The van der Waals surface area contributed by atoms with Crippen LogP contribution in [0.4, 0.5) is 0 Å². The van der Waals surface area contributed by atoms with Crippen LogP contribution in [-0.2, 0) is 9.53 Å². The molecule has 2 N–H and O–H groups in total. The lowest BCUT2D eigenvalue weighted by atomic mass is 9.59. The van der Waals surface area contributed by atoms with Crippen LogP contribution in [0, 0.1) is 5.41 Å². The highest BCUT2D eigenvalue weighted by Crippen LogP contribution is 2.53. The molecule has 2 fully saturated rings. The number of ether oxygens (including phenoxy) is 1. The van der Waals surface area contributed by atoms with Gasteiger partial charge in [0.2, 0.25) is 0 Å². The van der Waals surface area contributed by atoms with E-state index in [0.29, 0.717) is 0 Å². The SMILES string of the molecule is C=C1CCCC(C)(C)C12OC(=O)/C(=C/O)CC2O. The standard InChI is InChI=1S/C14H20O4/c1-9-5-4-6-13(2,3)14(9)11(16)7-10(8-15)12(17)18-14/h8,11,15-16H,1,4-7H2,2-3H3/b10-8+. The van der Waals surface area contributed by atoms with Crippen molar-refractivity contribution in [2.24, 2.45) is 5.41 Å². The Morgan fingerprint density at radius 3 is 2.72 bits per heavy atom. The van der Waals surface area contributed by atoms with Crippen molar-refractivity contribution in [3.63, 3.8) is 0 Å². The van der Waals surface area contributed by atoms with Crippen molar-refractivity contribution in [3.05, 3.63) is 24.0 Å². The Morgan fingerprint density at radius 1 is 1.50 bits per heavy atom. The second-order valence-corrected chi connectivity index (χ2v) is 5.84. The molecule has 18 heavy (non-hydrogen) atoms. The van der Waals surface area contributed by atoms with E-state index in [9.17, 15) is 9.90 Å². The van der Waals surface area contributed by atoms with Gasteiger partial charge in [-0.1, -0.05) is 20.4 Å². The smallest absolute Gasteiger partial charge is 0.338 e. The third-order valence-corrected chi connectivity index (χ3v) is 4.37. The Labute approximate surface area is 107 Å². The topological polar surface area (TPSA) is 66.8 Å². The zero-order chi connectivity index (χ0) is 13.6. The van der Waals surface area contributed by atoms with E-state index in [0.717, 1.165) is 31.1 Å². The Morgan fingerprint density at radius 2 is 2.17 bits per heavy atom. The number of carbonyl (C=O) groups is 1. The van der Waals surface area contributed by atoms with Gasteiger partial charge in [-0.3, -0.25) is 0 Å². The molecule has 0 bridgehead atoms. The number of aliphatic hydroxyl groups is 2. The van der Waals surface area contributed by atoms with E-state index in [4.69, 9.17) is 9.84 Å². The summed E-state index contributed by atoms with van der Waals surface area (Å²) in [6.45, 7) is 7.98. The van der Waals surface area contributed by atoms with Gasteiger partial charge in [-0.2, -0.15) is 0 Å². The van der Waals surface area contributed by atoms with Crippen LogP contribution in [0.2, 0.25) is 0 Å². The maximum Gasteiger partial charge on any atom is 0.338 e. The normalized spacial score (nSPS) is 37.9. The second kappa shape index (κ2) is 4.12. The van der Waals surface area contributed by atoms with Crippen LogP contribution in [0.1, 0.15) is 39.5 Å². The molecule has 2 unspecified atom stereocenters. The van der Waals surface area contributed by atoms with E-state index in [1.807, 2.05) is 13.8 Å². The van der Waals surface area contributed by atoms with E-state index in [-0.39, 0.29) is 17.4 Å². The van der Waals surface area contributed by atoms with E-state index < -0.39 is 17.7 Å². The van der Waals surface area contributed by atoms with Gasteiger partial charge >= 0.3 is 5.97 Å². The molecule has 0 aromatic rings. The maximum absolute atomic E-state index is 11.9. The molecule has 4 heteroatoms. The summed E-state index contributed by atoms with van der Waals surface area (Å²) in [5, 5.41) is 19.4. The average Bonchev–Trinajstić information content (AvgIpc) is 2.29. The van der Waals surface area contributed by atoms with Crippen molar-refractivity contribution in [1.29, 1.82) is 0 Å². The average molecular weight is 252 g/mol. The molecule has 2 rings (SSSR count). The first kappa shape index (κ1) is 13.1. The predicted octanol–water partition coefficient (Wildman–Crippen LogP) is 2.24. The van der Waals surface area contributed by atoms with E-state index in [2.05, 4.69) is 6.58 Å². The molecule has 2 atom stereocenters. The fourth-order valence-electron chi connectivity index (χ4n) is 3.31. The summed E-state index contributed by atoms with van der Waals surface area (Å²) in [6.07, 6.45) is 2.59. The first-order valence-corrected chi connectivity index (χ1v) is 6.28. The molecule has 0 aromatic heterocycles. The highest BCUT2D eigenvalue weighted by Gasteiger charge is 2.59. The van der Waals surface area contributed by atoms with E-state index in [1.165, 1.54) is 0 Å². The number of esters is 1. The van der Waals surface area contributed by atoms with Crippen LogP contribution in [0.3, 0.4) is 0 Å². The van der Waals surface area contributed by atoms with Crippen LogP contribution in [0.5, 0.6) is 0 Å². The molecule has 1 saturated heterocycles. The fourth-order valence-corrected chi connectivity index (χ4v) is 3.31. The molecule has 0 amide bonds. The van der Waals surface area contributed by atoms with Gasteiger partial charge in [0.1, 0.15) is 6.10 Å². The summed E-state index contributed by atoms with van der Waals surface area (Å²) in [6, 6.07) is 0. The first-order chi connectivity index (χ1) is 8.35. The summed E-state index contributed by atoms with van der Waals surface area (Å²) in [5.41, 5.74) is -0.480. The highest BCUT2D eigenvalue weighted by atomic mass is 16.6. The quantitative estimate of drug-likeness (QED) is 0.300. The Hall–Kier alpha value is -1.29. The molecule has 1 saturated carbocycles. The van der Waals surface area contributed by atoms with Gasteiger partial charge in [-0.15, -0.1) is 0 Å². The van der Waals surface area contributed by atoms with Crippen molar-refractivity contribution in [2.75, 3.05) is 0 Å². The molecule has 1 heterocycles. The number of carbonyl (C=O) groups excluding carboxylic acids is 1. The van der Waals surface area contributed by atoms with Crippen molar-refractivity contribution >= 4 is 5.97 Å². The third kappa shape index (κ3) is 1.59. The van der Waals surface area contributed by atoms with Crippen LogP contribution in [0.25, 0.3) is 0 Å². The Balaban J connectivity index is 2.45. The van der Waals surface area contributed by atoms with E-state index in [1.54, 1.807) is 0 Å². The summed E-state index contributed by atoms with van der Waals surface area (Å²) in [7, 11) is 0. The summed E-state index contributed by atoms with van der Waals surface area (Å²) < 4.78 is 5.54. The van der Waals surface area contributed by atoms with Crippen molar-refractivity contribution in [2.45, 2.75) is 51.2 Å². The second-order valence-electron chi connectivity index (χ2n) is 5.84. The van der Waals surface area contributed by atoms with Gasteiger partial charge in [0.15, 0.2) is 5.60 Å². The van der Waals surface area contributed by atoms with Crippen LogP contribution >= 0.6 is 0 Å².